The minimum absolute atomic E-state index is 0.775. The molecule has 0 spiro atoms. The molecule has 2 heteroatoms. The molecule has 1 heterocycles. The predicted molar refractivity (Wildman–Crippen MR) is 60.1 cm³/mol. The third kappa shape index (κ3) is 2.12. The molecule has 82 valence electrons. The molecule has 0 aromatic carbocycles. The van der Waals surface area contributed by atoms with Crippen molar-refractivity contribution in [3.63, 3.8) is 0 Å². The van der Waals surface area contributed by atoms with Gasteiger partial charge < -0.3 is 10.6 Å². The SMILES string of the molecule is CN1CC(CN)C2CCCCCC2C1. The Morgan fingerprint density at radius 2 is 1.93 bits per heavy atom. The fourth-order valence-electron chi connectivity index (χ4n) is 3.52. The first-order valence-corrected chi connectivity index (χ1v) is 6.20. The van der Waals surface area contributed by atoms with E-state index in [1.54, 1.807) is 0 Å². The first-order chi connectivity index (χ1) is 6.81. The Labute approximate surface area is 87.8 Å². The molecule has 1 saturated heterocycles. The van der Waals surface area contributed by atoms with Crippen molar-refractivity contribution < 1.29 is 0 Å². The van der Waals surface area contributed by atoms with Crippen LogP contribution < -0.4 is 5.73 Å². The van der Waals surface area contributed by atoms with Gasteiger partial charge in [-0.05, 0) is 44.2 Å². The zero-order valence-corrected chi connectivity index (χ0v) is 9.41. The molecule has 0 aromatic rings. The van der Waals surface area contributed by atoms with Gasteiger partial charge in [-0.15, -0.1) is 0 Å². The van der Waals surface area contributed by atoms with Gasteiger partial charge in [0.2, 0.25) is 0 Å². The summed E-state index contributed by atoms with van der Waals surface area (Å²) < 4.78 is 0. The maximum Gasteiger partial charge on any atom is 0.00216 e. The first-order valence-electron chi connectivity index (χ1n) is 6.20. The van der Waals surface area contributed by atoms with E-state index in [-0.39, 0.29) is 0 Å². The summed E-state index contributed by atoms with van der Waals surface area (Å²) in [6.45, 7) is 3.45. The number of hydrogen-bond donors (Lipinski definition) is 1. The zero-order chi connectivity index (χ0) is 9.97. The van der Waals surface area contributed by atoms with Crippen molar-refractivity contribution in [2.45, 2.75) is 32.1 Å². The fraction of sp³-hybridized carbons (Fsp3) is 1.00. The summed E-state index contributed by atoms with van der Waals surface area (Å²) in [5, 5.41) is 0. The monoisotopic (exact) mass is 196 g/mol. The molecule has 2 fully saturated rings. The highest BCUT2D eigenvalue weighted by atomic mass is 15.1. The van der Waals surface area contributed by atoms with Crippen LogP contribution in [0.5, 0.6) is 0 Å². The van der Waals surface area contributed by atoms with E-state index in [9.17, 15) is 0 Å². The second-order valence-electron chi connectivity index (χ2n) is 5.28. The van der Waals surface area contributed by atoms with Gasteiger partial charge in [-0.2, -0.15) is 0 Å². The number of piperidine rings is 1. The molecule has 2 N–H and O–H groups in total. The van der Waals surface area contributed by atoms with Crippen molar-refractivity contribution in [2.24, 2.45) is 23.5 Å². The predicted octanol–water partition coefficient (Wildman–Crippen LogP) is 1.70. The highest BCUT2D eigenvalue weighted by Crippen LogP contribution is 2.37. The number of nitrogens with zero attached hydrogens (tertiary/aromatic N) is 1. The fourth-order valence-corrected chi connectivity index (χ4v) is 3.52. The smallest absolute Gasteiger partial charge is 0.00216 e. The van der Waals surface area contributed by atoms with Gasteiger partial charge in [0.1, 0.15) is 0 Å². The normalized spacial score (nSPS) is 40.3. The number of nitrogens with two attached hydrogens (primary N) is 1. The molecule has 0 amide bonds. The Balaban J connectivity index is 2.04. The minimum Gasteiger partial charge on any atom is -0.330 e. The Kier molecular flexibility index (Phi) is 3.45. The van der Waals surface area contributed by atoms with Crippen molar-refractivity contribution in [3.05, 3.63) is 0 Å². The second kappa shape index (κ2) is 4.63. The second-order valence-corrected chi connectivity index (χ2v) is 5.28. The molecule has 1 aliphatic carbocycles. The van der Waals surface area contributed by atoms with E-state index in [1.807, 2.05) is 0 Å². The van der Waals surface area contributed by atoms with E-state index in [1.165, 1.54) is 45.2 Å². The van der Waals surface area contributed by atoms with E-state index >= 15 is 0 Å². The molecule has 2 aliphatic rings. The van der Waals surface area contributed by atoms with Gasteiger partial charge in [0, 0.05) is 13.1 Å². The van der Waals surface area contributed by atoms with Crippen LogP contribution in [0.4, 0.5) is 0 Å². The van der Waals surface area contributed by atoms with Gasteiger partial charge in [0.25, 0.3) is 0 Å². The van der Waals surface area contributed by atoms with Gasteiger partial charge in [-0.1, -0.05) is 19.3 Å². The first kappa shape index (κ1) is 10.4. The highest BCUT2D eigenvalue weighted by Gasteiger charge is 2.34. The average Bonchev–Trinajstić information content (AvgIpc) is 2.41. The summed E-state index contributed by atoms with van der Waals surface area (Å²) in [5.41, 5.74) is 5.90. The molecular formula is C12H24N2. The number of fused-ring (bicyclic) bond motifs is 1. The largest absolute Gasteiger partial charge is 0.330 e. The van der Waals surface area contributed by atoms with Crippen molar-refractivity contribution >= 4 is 0 Å². The lowest BCUT2D eigenvalue weighted by Crippen LogP contribution is -2.46. The Morgan fingerprint density at radius 3 is 2.71 bits per heavy atom. The molecule has 2 nitrogen and oxygen atoms in total. The van der Waals surface area contributed by atoms with Crippen LogP contribution >= 0.6 is 0 Å². The van der Waals surface area contributed by atoms with Crippen molar-refractivity contribution in [1.82, 2.24) is 4.90 Å². The van der Waals surface area contributed by atoms with Crippen molar-refractivity contribution in [1.29, 1.82) is 0 Å². The van der Waals surface area contributed by atoms with Crippen LogP contribution in [0.25, 0.3) is 0 Å². The molecule has 1 saturated carbocycles. The van der Waals surface area contributed by atoms with Crippen LogP contribution in [0.2, 0.25) is 0 Å². The lowest BCUT2D eigenvalue weighted by molar-refractivity contribution is 0.0774. The zero-order valence-electron chi connectivity index (χ0n) is 9.41. The summed E-state index contributed by atoms with van der Waals surface area (Å²) in [5.74, 6) is 2.67. The summed E-state index contributed by atoms with van der Waals surface area (Å²) >= 11 is 0. The number of likely N-dealkylation sites (tertiary alicyclic amines) is 1. The lowest BCUT2D eigenvalue weighted by atomic mass is 9.75. The molecule has 3 atom stereocenters. The molecule has 3 unspecified atom stereocenters. The molecular weight excluding hydrogens is 172 g/mol. The highest BCUT2D eigenvalue weighted by molar-refractivity contribution is 4.87. The molecule has 1 aliphatic heterocycles. The quantitative estimate of drug-likeness (QED) is 0.691. The Hall–Kier alpha value is -0.0800. The van der Waals surface area contributed by atoms with Crippen LogP contribution in [-0.4, -0.2) is 31.6 Å². The van der Waals surface area contributed by atoms with Crippen LogP contribution in [0.3, 0.4) is 0 Å². The topological polar surface area (TPSA) is 29.3 Å². The van der Waals surface area contributed by atoms with Crippen molar-refractivity contribution in [2.75, 3.05) is 26.7 Å². The van der Waals surface area contributed by atoms with Crippen LogP contribution in [0, 0.1) is 17.8 Å². The molecule has 0 bridgehead atoms. The van der Waals surface area contributed by atoms with Gasteiger partial charge in [0.05, 0.1) is 0 Å². The van der Waals surface area contributed by atoms with Crippen molar-refractivity contribution in [3.8, 4) is 0 Å². The molecule has 14 heavy (non-hydrogen) atoms. The van der Waals surface area contributed by atoms with E-state index in [2.05, 4.69) is 11.9 Å². The van der Waals surface area contributed by atoms with Gasteiger partial charge in [-0.3, -0.25) is 0 Å². The van der Waals surface area contributed by atoms with Gasteiger partial charge in [0.15, 0.2) is 0 Å². The molecule has 0 radical (unpaired) electrons. The molecule has 0 aromatic heterocycles. The van der Waals surface area contributed by atoms with Gasteiger partial charge >= 0.3 is 0 Å². The average molecular weight is 196 g/mol. The summed E-state index contributed by atoms with van der Waals surface area (Å²) in [6.07, 6.45) is 7.24. The van der Waals surface area contributed by atoms with Gasteiger partial charge in [-0.25, -0.2) is 0 Å². The Morgan fingerprint density at radius 1 is 1.14 bits per heavy atom. The summed E-state index contributed by atoms with van der Waals surface area (Å²) in [7, 11) is 2.25. The van der Waals surface area contributed by atoms with E-state index in [0.717, 1.165) is 24.3 Å². The lowest BCUT2D eigenvalue weighted by Gasteiger charge is -2.41. The maximum absolute atomic E-state index is 5.90. The standard InChI is InChI=1S/C12H24N2/c1-14-8-10-5-3-2-4-6-12(10)11(7-13)9-14/h10-12H,2-9,13H2,1H3. The van der Waals surface area contributed by atoms with Crippen LogP contribution in [0.1, 0.15) is 32.1 Å². The number of rotatable bonds is 1. The minimum atomic E-state index is 0.775. The number of hydrogen-bond acceptors (Lipinski definition) is 2. The molecule has 2 rings (SSSR count). The summed E-state index contributed by atoms with van der Waals surface area (Å²) in [4.78, 5) is 2.49. The van der Waals surface area contributed by atoms with Crippen LogP contribution in [0.15, 0.2) is 0 Å². The third-order valence-electron chi connectivity index (χ3n) is 4.22. The van der Waals surface area contributed by atoms with Crippen LogP contribution in [-0.2, 0) is 0 Å². The van der Waals surface area contributed by atoms with E-state index in [0.29, 0.717) is 0 Å². The van der Waals surface area contributed by atoms with E-state index < -0.39 is 0 Å². The maximum atomic E-state index is 5.90. The third-order valence-corrected chi connectivity index (χ3v) is 4.22. The Bertz CT molecular complexity index is 181. The van der Waals surface area contributed by atoms with E-state index in [4.69, 9.17) is 5.73 Å². The summed E-state index contributed by atoms with van der Waals surface area (Å²) in [6, 6.07) is 0.